The van der Waals surface area contributed by atoms with Gasteiger partial charge in [-0.15, -0.1) is 0 Å². The molecular formula is C14H15N3. The number of nitrogens with one attached hydrogen (secondary N) is 1. The van der Waals surface area contributed by atoms with Crippen molar-refractivity contribution in [3.63, 3.8) is 0 Å². The summed E-state index contributed by atoms with van der Waals surface area (Å²) >= 11 is 0. The van der Waals surface area contributed by atoms with Crippen LogP contribution in [0.5, 0.6) is 0 Å². The fraction of sp³-hybridized carbons (Fsp3) is 0.429. The van der Waals surface area contributed by atoms with Crippen LogP contribution in [0, 0.1) is 13.8 Å². The molecule has 2 unspecified atom stereocenters. The van der Waals surface area contributed by atoms with Crippen LogP contribution in [-0.4, -0.2) is 23.1 Å². The van der Waals surface area contributed by atoms with Gasteiger partial charge in [0.05, 0.1) is 22.4 Å². The molecule has 0 bridgehead atoms. The maximum Gasteiger partial charge on any atom is 0.0893 e. The van der Waals surface area contributed by atoms with Gasteiger partial charge in [0, 0.05) is 24.9 Å². The molecule has 0 amide bonds. The molecule has 1 aromatic carbocycles. The Bertz CT molecular complexity index is 578. The molecule has 1 fully saturated rings. The predicted octanol–water partition coefficient (Wildman–Crippen LogP) is 2.03. The highest BCUT2D eigenvalue weighted by Crippen LogP contribution is 2.49. The van der Waals surface area contributed by atoms with Crippen LogP contribution >= 0.6 is 0 Å². The third kappa shape index (κ3) is 1.15. The summed E-state index contributed by atoms with van der Waals surface area (Å²) in [6.45, 7) is 6.31. The lowest BCUT2D eigenvalue weighted by molar-refractivity contribution is 0.581. The van der Waals surface area contributed by atoms with Crippen molar-refractivity contribution in [3.8, 4) is 0 Å². The van der Waals surface area contributed by atoms with Crippen molar-refractivity contribution in [2.45, 2.75) is 25.7 Å². The summed E-state index contributed by atoms with van der Waals surface area (Å²) in [5, 5.41) is 3.47. The van der Waals surface area contributed by atoms with Crippen molar-refractivity contribution in [2.24, 2.45) is 0 Å². The van der Waals surface area contributed by atoms with Crippen molar-refractivity contribution >= 4 is 11.0 Å². The zero-order valence-electron chi connectivity index (χ0n) is 10.1. The van der Waals surface area contributed by atoms with E-state index in [4.69, 9.17) is 0 Å². The normalized spacial score (nSPS) is 25.5. The molecule has 1 aliphatic heterocycles. The van der Waals surface area contributed by atoms with Gasteiger partial charge >= 0.3 is 0 Å². The Labute approximate surface area is 100 Å². The van der Waals surface area contributed by atoms with E-state index in [1.54, 1.807) is 0 Å². The standard InChI is InChI=1S/C14H15N3/c1-7-8(2)17-14-4-10-9(3-13(14)16-7)11-5-15-6-12(10)11/h3-4,11-12,15H,5-6H2,1-2H3. The minimum Gasteiger partial charge on any atom is -0.315 e. The minimum absolute atomic E-state index is 0.720. The summed E-state index contributed by atoms with van der Waals surface area (Å²) in [6.07, 6.45) is 0. The van der Waals surface area contributed by atoms with E-state index >= 15 is 0 Å². The van der Waals surface area contributed by atoms with Gasteiger partial charge in [-0.25, -0.2) is 9.97 Å². The average Bonchev–Trinajstić information content (AvgIpc) is 2.72. The first-order valence-electron chi connectivity index (χ1n) is 6.23. The van der Waals surface area contributed by atoms with E-state index < -0.39 is 0 Å². The van der Waals surface area contributed by atoms with Gasteiger partial charge < -0.3 is 5.32 Å². The van der Waals surface area contributed by atoms with Crippen molar-refractivity contribution in [1.82, 2.24) is 15.3 Å². The van der Waals surface area contributed by atoms with Gasteiger partial charge in [-0.1, -0.05) is 0 Å². The Balaban J connectivity index is 1.98. The predicted molar refractivity (Wildman–Crippen MR) is 67.4 cm³/mol. The van der Waals surface area contributed by atoms with Crippen LogP contribution in [0.2, 0.25) is 0 Å². The quantitative estimate of drug-likeness (QED) is 0.745. The van der Waals surface area contributed by atoms with Crippen molar-refractivity contribution in [3.05, 3.63) is 34.6 Å². The number of hydrogen-bond acceptors (Lipinski definition) is 3. The Morgan fingerprint density at radius 2 is 1.41 bits per heavy atom. The number of rotatable bonds is 0. The van der Waals surface area contributed by atoms with Crippen LogP contribution in [0.1, 0.15) is 34.4 Å². The molecule has 0 saturated carbocycles. The first-order chi connectivity index (χ1) is 8.24. The third-order valence-corrected chi connectivity index (χ3v) is 4.29. The maximum atomic E-state index is 4.64. The van der Waals surface area contributed by atoms with Crippen molar-refractivity contribution in [2.75, 3.05) is 13.1 Å². The molecule has 1 saturated heterocycles. The Hall–Kier alpha value is -1.48. The molecule has 17 heavy (non-hydrogen) atoms. The fourth-order valence-electron chi connectivity index (χ4n) is 3.19. The average molecular weight is 225 g/mol. The van der Waals surface area contributed by atoms with Gasteiger partial charge in [0.15, 0.2) is 0 Å². The van der Waals surface area contributed by atoms with Crippen molar-refractivity contribution in [1.29, 1.82) is 0 Å². The Morgan fingerprint density at radius 1 is 0.941 bits per heavy atom. The van der Waals surface area contributed by atoms with E-state index in [1.165, 1.54) is 11.1 Å². The summed E-state index contributed by atoms with van der Waals surface area (Å²) < 4.78 is 0. The van der Waals surface area contributed by atoms with E-state index in [2.05, 4.69) is 27.4 Å². The van der Waals surface area contributed by atoms with Gasteiger partial charge in [-0.3, -0.25) is 0 Å². The summed E-state index contributed by atoms with van der Waals surface area (Å²) in [4.78, 5) is 9.28. The maximum absolute atomic E-state index is 4.64. The minimum atomic E-state index is 0.720. The monoisotopic (exact) mass is 225 g/mol. The molecule has 86 valence electrons. The second-order valence-corrected chi connectivity index (χ2v) is 5.24. The molecule has 2 aromatic rings. The van der Waals surface area contributed by atoms with Crippen LogP contribution in [0.3, 0.4) is 0 Å². The molecule has 3 heteroatoms. The molecule has 1 aliphatic carbocycles. The van der Waals surface area contributed by atoms with E-state index in [0.717, 1.165) is 47.3 Å². The van der Waals surface area contributed by atoms with Crippen molar-refractivity contribution < 1.29 is 0 Å². The van der Waals surface area contributed by atoms with Gasteiger partial charge in [-0.05, 0) is 37.1 Å². The molecule has 2 atom stereocenters. The highest BCUT2D eigenvalue weighted by molar-refractivity contribution is 5.79. The van der Waals surface area contributed by atoms with E-state index in [9.17, 15) is 0 Å². The number of fused-ring (bicyclic) bond motifs is 5. The van der Waals surface area contributed by atoms with Crippen LogP contribution < -0.4 is 5.32 Å². The molecule has 3 nitrogen and oxygen atoms in total. The van der Waals surface area contributed by atoms with Gasteiger partial charge in [0.1, 0.15) is 0 Å². The molecule has 2 heterocycles. The SMILES string of the molecule is Cc1nc2cc3c(cc2nc1C)C1CNCC31. The topological polar surface area (TPSA) is 37.8 Å². The van der Waals surface area contributed by atoms with Crippen LogP contribution in [0.4, 0.5) is 0 Å². The number of aryl methyl sites for hydroxylation is 2. The zero-order chi connectivity index (χ0) is 11.6. The Kier molecular flexibility index (Phi) is 1.71. The largest absolute Gasteiger partial charge is 0.315 e. The van der Waals surface area contributed by atoms with Crippen LogP contribution in [0.15, 0.2) is 12.1 Å². The smallest absolute Gasteiger partial charge is 0.0893 e. The fourth-order valence-corrected chi connectivity index (χ4v) is 3.19. The molecule has 1 aromatic heterocycles. The molecule has 0 spiro atoms. The second-order valence-electron chi connectivity index (χ2n) is 5.24. The molecule has 4 rings (SSSR count). The van der Waals surface area contributed by atoms with Crippen LogP contribution in [-0.2, 0) is 0 Å². The molecule has 1 N–H and O–H groups in total. The number of benzene rings is 1. The first-order valence-corrected chi connectivity index (χ1v) is 6.23. The summed E-state index contributed by atoms with van der Waals surface area (Å²) in [6, 6.07) is 4.50. The van der Waals surface area contributed by atoms with Gasteiger partial charge in [0.2, 0.25) is 0 Å². The lowest BCUT2D eigenvalue weighted by atomic mass is 9.70. The summed E-state index contributed by atoms with van der Waals surface area (Å²) in [5.74, 6) is 1.44. The number of nitrogens with zero attached hydrogens (tertiary/aromatic N) is 2. The summed E-state index contributed by atoms with van der Waals surface area (Å²) in [5.41, 5.74) is 7.17. The molecule has 2 aliphatic rings. The van der Waals surface area contributed by atoms with Crippen LogP contribution in [0.25, 0.3) is 11.0 Å². The third-order valence-electron chi connectivity index (χ3n) is 4.29. The molecule has 0 radical (unpaired) electrons. The van der Waals surface area contributed by atoms with Gasteiger partial charge in [0.25, 0.3) is 0 Å². The molecular weight excluding hydrogens is 210 g/mol. The van der Waals surface area contributed by atoms with Gasteiger partial charge in [-0.2, -0.15) is 0 Å². The van der Waals surface area contributed by atoms with E-state index in [1.807, 2.05) is 13.8 Å². The lowest BCUT2D eigenvalue weighted by Crippen LogP contribution is -2.22. The highest BCUT2D eigenvalue weighted by Gasteiger charge is 2.41. The highest BCUT2D eigenvalue weighted by atomic mass is 14.9. The second kappa shape index (κ2) is 3.05. The summed E-state index contributed by atoms with van der Waals surface area (Å²) in [7, 11) is 0. The van der Waals surface area contributed by atoms with E-state index in [-0.39, 0.29) is 0 Å². The number of aromatic nitrogens is 2. The first kappa shape index (κ1) is 9.54. The van der Waals surface area contributed by atoms with E-state index in [0.29, 0.717) is 0 Å². The Morgan fingerprint density at radius 3 is 1.88 bits per heavy atom. The zero-order valence-corrected chi connectivity index (χ0v) is 10.1. The number of hydrogen-bond donors (Lipinski definition) is 1. The lowest BCUT2D eigenvalue weighted by Gasteiger charge is -2.33.